The molecule has 0 fully saturated rings. The van der Waals surface area contributed by atoms with Gasteiger partial charge in [-0.15, -0.1) is 0 Å². The predicted octanol–water partition coefficient (Wildman–Crippen LogP) is 2.24. The van der Waals surface area contributed by atoms with E-state index in [1.165, 1.54) is 4.90 Å². The highest BCUT2D eigenvalue weighted by Crippen LogP contribution is 2.18. The summed E-state index contributed by atoms with van der Waals surface area (Å²) >= 11 is 0. The van der Waals surface area contributed by atoms with Crippen LogP contribution in [0.3, 0.4) is 0 Å². The third-order valence-corrected chi connectivity index (χ3v) is 2.41. The summed E-state index contributed by atoms with van der Waals surface area (Å²) in [5.41, 5.74) is 5.77. The van der Waals surface area contributed by atoms with Gasteiger partial charge in [-0.05, 0) is 19.8 Å². The molecule has 0 heterocycles. The van der Waals surface area contributed by atoms with Crippen molar-refractivity contribution in [3.05, 3.63) is 0 Å². The molecule has 0 aromatic carbocycles. The van der Waals surface area contributed by atoms with Gasteiger partial charge in [0.15, 0.2) is 0 Å². The van der Waals surface area contributed by atoms with Crippen LogP contribution in [0.4, 0.5) is 13.2 Å². The van der Waals surface area contributed by atoms with Crippen molar-refractivity contribution in [3.63, 3.8) is 0 Å². The van der Waals surface area contributed by atoms with Crippen LogP contribution in [0.15, 0.2) is 0 Å². The molecule has 0 aliphatic carbocycles. The Balaban J connectivity index is 4.29. The fraction of sp³-hybridized carbons (Fsp3) is 1.00. The number of nitrogens with two attached hydrogens (primary N) is 1. The van der Waals surface area contributed by atoms with E-state index in [4.69, 9.17) is 5.73 Å². The van der Waals surface area contributed by atoms with E-state index < -0.39 is 12.7 Å². The van der Waals surface area contributed by atoms with E-state index >= 15 is 0 Å². The molecule has 0 amide bonds. The Bertz CT molecular complexity index is 178. The molecule has 92 valence electrons. The van der Waals surface area contributed by atoms with Crippen molar-refractivity contribution >= 4 is 0 Å². The van der Waals surface area contributed by atoms with E-state index in [-0.39, 0.29) is 24.5 Å². The fourth-order valence-electron chi connectivity index (χ4n) is 1.17. The number of alkyl halides is 3. The maximum absolute atomic E-state index is 12.2. The zero-order valence-corrected chi connectivity index (χ0v) is 9.80. The van der Waals surface area contributed by atoms with Gasteiger partial charge in [0.2, 0.25) is 0 Å². The first-order valence-corrected chi connectivity index (χ1v) is 5.20. The minimum Gasteiger partial charge on any atom is -0.326 e. The van der Waals surface area contributed by atoms with E-state index in [9.17, 15) is 13.2 Å². The summed E-state index contributed by atoms with van der Waals surface area (Å²) in [6.07, 6.45) is -4.15. The summed E-state index contributed by atoms with van der Waals surface area (Å²) in [6.45, 7) is 6.73. The highest BCUT2D eigenvalue weighted by atomic mass is 19.4. The topological polar surface area (TPSA) is 29.3 Å². The normalized spacial score (nSPS) is 15.4. The Labute approximate surface area is 89.6 Å². The Kier molecular flexibility index (Phi) is 5.59. The molecule has 0 aromatic rings. The summed E-state index contributed by atoms with van der Waals surface area (Å²) in [6, 6.07) is -0.355. The highest BCUT2D eigenvalue weighted by molar-refractivity contribution is 4.75. The molecule has 1 atom stereocenters. The fourth-order valence-corrected chi connectivity index (χ4v) is 1.17. The summed E-state index contributed by atoms with van der Waals surface area (Å²) in [4.78, 5) is 1.37. The number of halogens is 3. The Hall–Kier alpha value is -0.290. The van der Waals surface area contributed by atoms with Crippen LogP contribution in [0, 0.1) is 5.92 Å². The lowest BCUT2D eigenvalue weighted by Gasteiger charge is -2.31. The van der Waals surface area contributed by atoms with Gasteiger partial charge in [0.25, 0.3) is 0 Å². The first-order chi connectivity index (χ1) is 6.63. The van der Waals surface area contributed by atoms with E-state index in [0.717, 1.165) is 0 Å². The molecule has 0 radical (unpaired) electrons. The van der Waals surface area contributed by atoms with Crippen molar-refractivity contribution in [2.45, 2.75) is 46.0 Å². The largest absolute Gasteiger partial charge is 0.401 e. The predicted molar refractivity (Wildman–Crippen MR) is 55.6 cm³/mol. The molecule has 2 nitrogen and oxygen atoms in total. The van der Waals surface area contributed by atoms with Crippen molar-refractivity contribution in [1.82, 2.24) is 4.90 Å². The van der Waals surface area contributed by atoms with Crippen LogP contribution in [0.25, 0.3) is 0 Å². The van der Waals surface area contributed by atoms with Crippen LogP contribution in [0.5, 0.6) is 0 Å². The smallest absolute Gasteiger partial charge is 0.326 e. The molecule has 0 saturated heterocycles. The highest BCUT2D eigenvalue weighted by Gasteiger charge is 2.32. The standard InChI is InChI=1S/C10H21F3N2/c1-7(2)9(14)5-15(8(3)4)6-10(11,12)13/h7-9H,5-6,14H2,1-4H3. The molecule has 0 rings (SSSR count). The molecule has 2 N–H and O–H groups in total. The van der Waals surface area contributed by atoms with Gasteiger partial charge >= 0.3 is 6.18 Å². The van der Waals surface area contributed by atoms with Crippen LogP contribution in [0.2, 0.25) is 0 Å². The Morgan fingerprint density at radius 1 is 1.13 bits per heavy atom. The molecule has 5 heteroatoms. The second kappa shape index (κ2) is 5.70. The van der Waals surface area contributed by atoms with Gasteiger partial charge in [-0.3, -0.25) is 4.90 Å². The van der Waals surface area contributed by atoms with Gasteiger partial charge in [0.05, 0.1) is 6.54 Å². The van der Waals surface area contributed by atoms with Crippen molar-refractivity contribution < 1.29 is 13.2 Å². The first-order valence-electron chi connectivity index (χ1n) is 5.20. The van der Waals surface area contributed by atoms with Crippen LogP contribution < -0.4 is 5.73 Å². The van der Waals surface area contributed by atoms with Gasteiger partial charge in [0.1, 0.15) is 0 Å². The van der Waals surface area contributed by atoms with E-state index in [0.29, 0.717) is 0 Å². The molecule has 0 bridgehead atoms. The third kappa shape index (κ3) is 6.73. The molecule has 0 spiro atoms. The van der Waals surface area contributed by atoms with Crippen molar-refractivity contribution in [2.24, 2.45) is 11.7 Å². The number of hydrogen-bond acceptors (Lipinski definition) is 2. The zero-order valence-electron chi connectivity index (χ0n) is 9.80. The van der Waals surface area contributed by atoms with E-state index in [1.54, 1.807) is 13.8 Å². The average Bonchev–Trinajstić information content (AvgIpc) is 1.99. The van der Waals surface area contributed by atoms with Gasteiger partial charge < -0.3 is 5.73 Å². The van der Waals surface area contributed by atoms with Crippen LogP contribution >= 0.6 is 0 Å². The summed E-state index contributed by atoms with van der Waals surface area (Å²) in [7, 11) is 0. The maximum Gasteiger partial charge on any atom is 0.401 e. The molecular formula is C10H21F3N2. The van der Waals surface area contributed by atoms with Crippen molar-refractivity contribution in [3.8, 4) is 0 Å². The van der Waals surface area contributed by atoms with Crippen LogP contribution in [-0.4, -0.2) is 36.2 Å². The molecule has 0 aromatic heterocycles. The molecule has 0 aliphatic heterocycles. The minimum absolute atomic E-state index is 0.142. The quantitative estimate of drug-likeness (QED) is 0.779. The van der Waals surface area contributed by atoms with Crippen LogP contribution in [0.1, 0.15) is 27.7 Å². The SMILES string of the molecule is CC(C)C(N)CN(CC(F)(F)F)C(C)C. The Morgan fingerprint density at radius 2 is 1.60 bits per heavy atom. The lowest BCUT2D eigenvalue weighted by Crippen LogP contribution is -2.47. The number of rotatable bonds is 5. The van der Waals surface area contributed by atoms with Crippen molar-refractivity contribution in [1.29, 1.82) is 0 Å². The molecule has 0 aliphatic rings. The van der Waals surface area contributed by atoms with Gasteiger partial charge in [-0.2, -0.15) is 13.2 Å². The lowest BCUT2D eigenvalue weighted by molar-refractivity contribution is -0.150. The number of nitrogens with zero attached hydrogens (tertiary/aromatic N) is 1. The zero-order chi connectivity index (χ0) is 12.2. The maximum atomic E-state index is 12.2. The van der Waals surface area contributed by atoms with Gasteiger partial charge in [0, 0.05) is 18.6 Å². The molecular weight excluding hydrogens is 205 g/mol. The third-order valence-electron chi connectivity index (χ3n) is 2.41. The molecule has 15 heavy (non-hydrogen) atoms. The van der Waals surface area contributed by atoms with Gasteiger partial charge in [-0.1, -0.05) is 13.8 Å². The second-order valence-electron chi connectivity index (χ2n) is 4.55. The van der Waals surface area contributed by atoms with Crippen LogP contribution in [-0.2, 0) is 0 Å². The lowest BCUT2D eigenvalue weighted by atomic mass is 10.0. The molecule has 0 saturated carbocycles. The minimum atomic E-state index is -4.15. The second-order valence-corrected chi connectivity index (χ2v) is 4.55. The average molecular weight is 226 g/mol. The Morgan fingerprint density at radius 3 is 1.87 bits per heavy atom. The van der Waals surface area contributed by atoms with Crippen molar-refractivity contribution in [2.75, 3.05) is 13.1 Å². The number of hydrogen-bond donors (Lipinski definition) is 1. The summed E-state index contributed by atoms with van der Waals surface area (Å²) in [5.74, 6) is 0.194. The summed E-state index contributed by atoms with van der Waals surface area (Å²) in [5, 5.41) is 0. The monoisotopic (exact) mass is 226 g/mol. The van der Waals surface area contributed by atoms with E-state index in [2.05, 4.69) is 0 Å². The van der Waals surface area contributed by atoms with Gasteiger partial charge in [-0.25, -0.2) is 0 Å². The molecule has 1 unspecified atom stereocenters. The first kappa shape index (κ1) is 14.7. The van der Waals surface area contributed by atoms with E-state index in [1.807, 2.05) is 13.8 Å². The summed E-state index contributed by atoms with van der Waals surface area (Å²) < 4.78 is 36.7.